The van der Waals surface area contributed by atoms with Crippen LogP contribution in [0.2, 0.25) is 0 Å². The summed E-state index contributed by atoms with van der Waals surface area (Å²) in [6.07, 6.45) is 3.35. The number of aromatic nitrogens is 3. The number of nitrogens with zero attached hydrogens (tertiary/aromatic N) is 4. The normalized spacial score (nSPS) is 10.5. The third-order valence-corrected chi connectivity index (χ3v) is 3.54. The molecular weight excluding hydrogens is 308 g/mol. The maximum absolute atomic E-state index is 12.2. The van der Waals surface area contributed by atoms with Crippen LogP contribution >= 0.6 is 0 Å². The largest absolute Gasteiger partial charge is 0.291 e. The van der Waals surface area contributed by atoms with Gasteiger partial charge < -0.3 is 0 Å². The summed E-state index contributed by atoms with van der Waals surface area (Å²) >= 11 is 0. The van der Waals surface area contributed by atoms with Gasteiger partial charge in [-0.25, -0.2) is 4.57 Å². The van der Waals surface area contributed by atoms with E-state index < -0.39 is 4.92 Å². The van der Waals surface area contributed by atoms with E-state index in [1.807, 2.05) is 30.3 Å². The molecule has 2 aromatic carbocycles. The zero-order chi connectivity index (χ0) is 16.9. The molecule has 7 nitrogen and oxygen atoms in total. The maximum Gasteiger partial charge on any atom is 0.269 e. The van der Waals surface area contributed by atoms with Crippen LogP contribution in [0.15, 0.2) is 67.3 Å². The SMILES string of the molecule is O=C(C[n+]1cnn(Cc2ccccc2)c1)c1ccc([N+](=O)[O-])cc1. The van der Waals surface area contributed by atoms with Gasteiger partial charge in [-0.2, -0.15) is 0 Å². The van der Waals surface area contributed by atoms with Gasteiger partial charge in [-0.05, 0) is 17.7 Å². The number of hydrogen-bond donors (Lipinski definition) is 0. The van der Waals surface area contributed by atoms with E-state index >= 15 is 0 Å². The maximum atomic E-state index is 12.2. The number of nitro groups is 1. The zero-order valence-electron chi connectivity index (χ0n) is 12.8. The first-order valence-electron chi connectivity index (χ1n) is 7.35. The highest BCUT2D eigenvalue weighted by Gasteiger charge is 2.14. The Morgan fingerprint density at radius 3 is 2.50 bits per heavy atom. The van der Waals surface area contributed by atoms with Crippen molar-refractivity contribution in [1.82, 2.24) is 9.78 Å². The van der Waals surface area contributed by atoms with Crippen molar-refractivity contribution < 1.29 is 14.3 Å². The number of Topliss-reactive ketones (excluding diaryl/α,β-unsaturated/α-hetero) is 1. The fourth-order valence-electron chi connectivity index (χ4n) is 2.32. The van der Waals surface area contributed by atoms with Crippen LogP contribution < -0.4 is 4.57 Å². The number of carbonyl (C=O) groups is 1. The predicted molar refractivity (Wildman–Crippen MR) is 85.4 cm³/mol. The van der Waals surface area contributed by atoms with Crippen molar-refractivity contribution in [3.8, 4) is 0 Å². The van der Waals surface area contributed by atoms with Crippen molar-refractivity contribution >= 4 is 11.5 Å². The Bertz CT molecular complexity index is 857. The average molecular weight is 323 g/mol. The minimum Gasteiger partial charge on any atom is -0.291 e. The number of benzene rings is 2. The van der Waals surface area contributed by atoms with Crippen LogP contribution in [0.1, 0.15) is 15.9 Å². The van der Waals surface area contributed by atoms with Gasteiger partial charge in [-0.1, -0.05) is 30.3 Å². The third kappa shape index (κ3) is 3.70. The van der Waals surface area contributed by atoms with E-state index in [2.05, 4.69) is 5.10 Å². The van der Waals surface area contributed by atoms with Gasteiger partial charge in [-0.3, -0.25) is 14.9 Å². The zero-order valence-corrected chi connectivity index (χ0v) is 12.8. The molecule has 1 aromatic heterocycles. The molecule has 3 rings (SSSR count). The molecule has 24 heavy (non-hydrogen) atoms. The molecule has 0 amide bonds. The van der Waals surface area contributed by atoms with Gasteiger partial charge in [0.25, 0.3) is 12.0 Å². The van der Waals surface area contributed by atoms with Gasteiger partial charge in [0.1, 0.15) is 13.1 Å². The van der Waals surface area contributed by atoms with Gasteiger partial charge in [0.15, 0.2) is 5.78 Å². The van der Waals surface area contributed by atoms with Gasteiger partial charge in [0.05, 0.1) is 4.92 Å². The first-order chi connectivity index (χ1) is 11.6. The highest BCUT2D eigenvalue weighted by molar-refractivity contribution is 5.95. The van der Waals surface area contributed by atoms with Crippen LogP contribution in [-0.4, -0.2) is 20.5 Å². The summed E-state index contributed by atoms with van der Waals surface area (Å²) < 4.78 is 3.44. The molecule has 3 aromatic rings. The molecule has 1 heterocycles. The molecule has 0 bridgehead atoms. The summed E-state index contributed by atoms with van der Waals surface area (Å²) in [6.45, 7) is 0.756. The summed E-state index contributed by atoms with van der Waals surface area (Å²) in [5.41, 5.74) is 1.52. The first kappa shape index (κ1) is 15.5. The number of hydrogen-bond acceptors (Lipinski definition) is 4. The Morgan fingerprint density at radius 1 is 1.12 bits per heavy atom. The molecule has 0 aliphatic rings. The van der Waals surface area contributed by atoms with Crippen LogP contribution in [0, 0.1) is 10.1 Å². The Balaban J connectivity index is 1.65. The highest BCUT2D eigenvalue weighted by atomic mass is 16.6. The molecule has 0 fully saturated rings. The fraction of sp³-hybridized carbons (Fsp3) is 0.118. The van der Waals surface area contributed by atoms with Crippen molar-refractivity contribution in [2.75, 3.05) is 0 Å². The molecule has 0 radical (unpaired) electrons. The smallest absolute Gasteiger partial charge is 0.269 e. The topological polar surface area (TPSA) is 81.9 Å². The third-order valence-electron chi connectivity index (χ3n) is 3.54. The summed E-state index contributed by atoms with van der Waals surface area (Å²) in [5.74, 6) is -0.130. The first-order valence-corrected chi connectivity index (χ1v) is 7.35. The molecule has 0 spiro atoms. The molecule has 7 heteroatoms. The fourth-order valence-corrected chi connectivity index (χ4v) is 2.32. The summed E-state index contributed by atoms with van der Waals surface area (Å²) in [5, 5.41) is 14.9. The minimum absolute atomic E-state index is 0.0325. The lowest BCUT2D eigenvalue weighted by Crippen LogP contribution is -2.35. The Kier molecular flexibility index (Phi) is 4.42. The van der Waals surface area contributed by atoms with Gasteiger partial charge in [-0.15, -0.1) is 4.68 Å². The molecule has 0 N–H and O–H groups in total. The second kappa shape index (κ2) is 6.82. The highest BCUT2D eigenvalue weighted by Crippen LogP contribution is 2.12. The molecular formula is C17H15N4O3+. The lowest BCUT2D eigenvalue weighted by atomic mass is 10.1. The molecule has 0 unspecified atom stereocenters. The van der Waals surface area contributed by atoms with E-state index in [-0.39, 0.29) is 18.0 Å². The van der Waals surface area contributed by atoms with E-state index in [1.54, 1.807) is 21.9 Å². The van der Waals surface area contributed by atoms with E-state index in [0.717, 1.165) is 5.56 Å². The minimum atomic E-state index is -0.489. The lowest BCUT2D eigenvalue weighted by Gasteiger charge is -1.98. The number of nitro benzene ring substituents is 1. The van der Waals surface area contributed by atoms with Crippen molar-refractivity contribution in [1.29, 1.82) is 0 Å². The van der Waals surface area contributed by atoms with Crippen molar-refractivity contribution in [3.63, 3.8) is 0 Å². The lowest BCUT2D eigenvalue weighted by molar-refractivity contribution is -0.683. The number of non-ortho nitro benzene ring substituents is 1. The summed E-state index contributed by atoms with van der Waals surface area (Å²) in [4.78, 5) is 22.4. The van der Waals surface area contributed by atoms with Gasteiger partial charge in [0.2, 0.25) is 6.33 Å². The standard InChI is InChI=1S/C17H15N4O3/c22-17(15-6-8-16(9-7-15)21(23)24)11-19-12-18-20(13-19)10-14-4-2-1-3-5-14/h1-9,12-13H,10-11H2/q+1. The van der Waals surface area contributed by atoms with E-state index in [0.29, 0.717) is 12.1 Å². The molecule has 0 aliphatic carbocycles. The van der Waals surface area contributed by atoms with Crippen LogP contribution in [0.5, 0.6) is 0 Å². The van der Waals surface area contributed by atoms with Crippen LogP contribution in [-0.2, 0) is 13.1 Å². The molecule has 0 saturated heterocycles. The molecule has 0 atom stereocenters. The second-order valence-corrected chi connectivity index (χ2v) is 5.33. The predicted octanol–water partition coefficient (Wildman–Crippen LogP) is 2.01. The number of carbonyl (C=O) groups excluding carboxylic acids is 1. The monoisotopic (exact) mass is 323 g/mol. The number of ketones is 1. The van der Waals surface area contributed by atoms with Crippen molar-refractivity contribution in [2.24, 2.45) is 0 Å². The molecule has 0 aliphatic heterocycles. The van der Waals surface area contributed by atoms with E-state index in [9.17, 15) is 14.9 Å². The Morgan fingerprint density at radius 2 is 1.83 bits per heavy atom. The van der Waals surface area contributed by atoms with Crippen molar-refractivity contribution in [2.45, 2.75) is 13.1 Å². The van der Waals surface area contributed by atoms with Gasteiger partial charge >= 0.3 is 0 Å². The Labute approximate surface area is 137 Å². The van der Waals surface area contributed by atoms with Crippen LogP contribution in [0.3, 0.4) is 0 Å². The van der Waals surface area contributed by atoms with Crippen molar-refractivity contribution in [3.05, 3.63) is 88.5 Å². The molecule has 120 valence electrons. The quantitative estimate of drug-likeness (QED) is 0.301. The summed E-state index contributed by atoms with van der Waals surface area (Å²) in [7, 11) is 0. The molecule has 0 saturated carbocycles. The Hall–Kier alpha value is -3.35. The van der Waals surface area contributed by atoms with E-state index in [1.165, 1.54) is 24.3 Å². The van der Waals surface area contributed by atoms with Crippen LogP contribution in [0.4, 0.5) is 5.69 Å². The van der Waals surface area contributed by atoms with E-state index in [4.69, 9.17) is 0 Å². The van der Waals surface area contributed by atoms with Crippen LogP contribution in [0.25, 0.3) is 0 Å². The summed E-state index contributed by atoms with van der Waals surface area (Å²) in [6, 6.07) is 15.5. The second-order valence-electron chi connectivity index (χ2n) is 5.33. The van der Waals surface area contributed by atoms with Gasteiger partial charge in [0, 0.05) is 22.8 Å². The average Bonchev–Trinajstić information content (AvgIpc) is 3.02. The number of rotatable bonds is 6.